The molecule has 0 aromatic heterocycles. The molecule has 2 aliphatic rings. The Morgan fingerprint density at radius 3 is 2.38 bits per heavy atom. The topological polar surface area (TPSA) is 43.9 Å². The first-order chi connectivity index (χ1) is 14.0. The van der Waals surface area contributed by atoms with Crippen LogP contribution in [0.4, 0.5) is 15.8 Å². The number of fused-ring (bicyclic) bond motifs is 1. The molecule has 0 saturated carbocycles. The van der Waals surface area contributed by atoms with Crippen LogP contribution in [0.3, 0.4) is 0 Å². The van der Waals surface area contributed by atoms with Crippen molar-refractivity contribution in [2.24, 2.45) is 0 Å². The average Bonchev–Trinajstić information content (AvgIpc) is 2.74. The van der Waals surface area contributed by atoms with E-state index in [1.807, 2.05) is 18.2 Å². The van der Waals surface area contributed by atoms with Crippen LogP contribution in [0.5, 0.6) is 0 Å². The van der Waals surface area contributed by atoms with E-state index in [4.69, 9.17) is 0 Å². The maximum atomic E-state index is 13.1. The lowest BCUT2D eigenvalue weighted by Crippen LogP contribution is -2.48. The van der Waals surface area contributed by atoms with Crippen LogP contribution in [0.1, 0.15) is 29.3 Å². The van der Waals surface area contributed by atoms with Crippen molar-refractivity contribution in [1.82, 2.24) is 4.90 Å². The van der Waals surface area contributed by atoms with E-state index in [0.29, 0.717) is 6.54 Å². The van der Waals surface area contributed by atoms with Crippen LogP contribution >= 0.6 is 0 Å². The number of hydrogen-bond acceptors (Lipinski definition) is 4. The number of hydrogen-bond donors (Lipinski definition) is 0. The fraction of sp³-hybridized carbons (Fsp3) is 0.391. The van der Waals surface area contributed by atoms with Gasteiger partial charge in [-0.1, -0.05) is 0 Å². The molecule has 0 atom stereocenters. The number of ketones is 1. The number of halogens is 1. The maximum Gasteiger partial charge on any atom is 0.223 e. The van der Waals surface area contributed by atoms with Crippen molar-refractivity contribution >= 4 is 23.1 Å². The number of nitrogens with zero attached hydrogens (tertiary/aromatic N) is 3. The number of Topliss-reactive ketones (excluding diaryl/α,β-unsaturated/α-hetero) is 1. The fourth-order valence-corrected chi connectivity index (χ4v) is 4.21. The van der Waals surface area contributed by atoms with Gasteiger partial charge in [-0.05, 0) is 60.9 Å². The highest BCUT2D eigenvalue weighted by Crippen LogP contribution is 2.28. The number of carbonyl (C=O) groups excluding carboxylic acids is 2. The van der Waals surface area contributed by atoms with Crippen LogP contribution in [0.25, 0.3) is 0 Å². The summed E-state index contributed by atoms with van der Waals surface area (Å²) >= 11 is 0. The van der Waals surface area contributed by atoms with Gasteiger partial charge in [0.05, 0.1) is 6.54 Å². The Morgan fingerprint density at radius 1 is 0.966 bits per heavy atom. The normalized spacial score (nSPS) is 17.2. The molecule has 2 aliphatic heterocycles. The summed E-state index contributed by atoms with van der Waals surface area (Å²) in [5.41, 5.74) is 3.75. The lowest BCUT2D eigenvalue weighted by Gasteiger charge is -2.35. The molecular weight excluding hydrogens is 369 g/mol. The van der Waals surface area contributed by atoms with Gasteiger partial charge in [-0.15, -0.1) is 0 Å². The minimum Gasteiger partial charge on any atom is -0.369 e. The van der Waals surface area contributed by atoms with Gasteiger partial charge in [-0.2, -0.15) is 0 Å². The van der Waals surface area contributed by atoms with Crippen molar-refractivity contribution in [3.63, 3.8) is 0 Å². The van der Waals surface area contributed by atoms with Gasteiger partial charge in [-0.3, -0.25) is 14.5 Å². The first-order valence-electron chi connectivity index (χ1n) is 10.2. The third-order valence-electron chi connectivity index (χ3n) is 5.83. The Bertz CT molecular complexity index is 905. The first-order valence-corrected chi connectivity index (χ1v) is 10.2. The minimum atomic E-state index is -0.227. The number of anilines is 2. The van der Waals surface area contributed by atoms with Gasteiger partial charge in [0.25, 0.3) is 0 Å². The third kappa shape index (κ3) is 4.32. The number of amides is 1. The summed E-state index contributed by atoms with van der Waals surface area (Å²) in [6.07, 6.45) is 1.83. The monoisotopic (exact) mass is 395 g/mol. The molecule has 2 aromatic carbocycles. The van der Waals surface area contributed by atoms with Crippen molar-refractivity contribution in [1.29, 1.82) is 0 Å². The van der Waals surface area contributed by atoms with Crippen molar-refractivity contribution in [2.75, 3.05) is 49.1 Å². The van der Waals surface area contributed by atoms with E-state index in [0.717, 1.165) is 68.1 Å². The van der Waals surface area contributed by atoms with E-state index in [9.17, 15) is 14.0 Å². The second-order valence-corrected chi connectivity index (χ2v) is 7.78. The largest absolute Gasteiger partial charge is 0.369 e. The second kappa shape index (κ2) is 8.33. The molecule has 0 aliphatic carbocycles. The summed E-state index contributed by atoms with van der Waals surface area (Å²) < 4.78 is 13.1. The van der Waals surface area contributed by atoms with E-state index >= 15 is 0 Å². The van der Waals surface area contributed by atoms with Crippen molar-refractivity contribution in [2.45, 2.75) is 19.8 Å². The van der Waals surface area contributed by atoms with E-state index in [1.165, 1.54) is 12.1 Å². The number of benzene rings is 2. The zero-order valence-electron chi connectivity index (χ0n) is 16.7. The highest BCUT2D eigenvalue weighted by atomic mass is 19.1. The molecule has 0 unspecified atom stereocenters. The summed E-state index contributed by atoms with van der Waals surface area (Å²) in [7, 11) is 0. The van der Waals surface area contributed by atoms with Gasteiger partial charge in [0.2, 0.25) is 5.91 Å². The Hall–Kier alpha value is -2.73. The highest BCUT2D eigenvalue weighted by Gasteiger charge is 2.23. The molecule has 2 aromatic rings. The standard InChI is InChI=1S/C23H26FN3O2/c1-17(28)27-10-2-3-18-15-19(4-9-22(18)27)23(29)16-25-11-13-26(14-12-25)21-7-5-20(24)6-8-21/h4-9,15H,2-3,10-14,16H2,1H3. The Balaban J connectivity index is 1.37. The van der Waals surface area contributed by atoms with Crippen LogP contribution in [0.15, 0.2) is 42.5 Å². The maximum absolute atomic E-state index is 13.1. The van der Waals surface area contributed by atoms with Gasteiger partial charge in [-0.25, -0.2) is 4.39 Å². The molecule has 0 spiro atoms. The highest BCUT2D eigenvalue weighted by molar-refractivity contribution is 5.99. The summed E-state index contributed by atoms with van der Waals surface area (Å²) in [4.78, 5) is 30.8. The predicted octanol–water partition coefficient (Wildman–Crippen LogP) is 3.13. The smallest absolute Gasteiger partial charge is 0.223 e. The number of piperazine rings is 1. The average molecular weight is 395 g/mol. The summed E-state index contributed by atoms with van der Waals surface area (Å²) in [5.74, 6) is -0.0681. The van der Waals surface area contributed by atoms with E-state index in [-0.39, 0.29) is 17.5 Å². The predicted molar refractivity (Wildman–Crippen MR) is 112 cm³/mol. The van der Waals surface area contributed by atoms with Crippen molar-refractivity contribution in [3.05, 3.63) is 59.4 Å². The third-order valence-corrected chi connectivity index (χ3v) is 5.83. The van der Waals surface area contributed by atoms with Gasteiger partial charge >= 0.3 is 0 Å². The van der Waals surface area contributed by atoms with Crippen LogP contribution < -0.4 is 9.80 Å². The lowest BCUT2D eigenvalue weighted by atomic mass is 9.97. The quantitative estimate of drug-likeness (QED) is 0.746. The van der Waals surface area contributed by atoms with Crippen molar-refractivity contribution in [3.8, 4) is 0 Å². The summed E-state index contributed by atoms with van der Waals surface area (Å²) in [6, 6.07) is 12.3. The van der Waals surface area contributed by atoms with Gasteiger partial charge in [0.1, 0.15) is 5.82 Å². The van der Waals surface area contributed by atoms with Crippen molar-refractivity contribution < 1.29 is 14.0 Å². The number of carbonyl (C=O) groups is 2. The van der Waals surface area contributed by atoms with E-state index in [2.05, 4.69) is 9.80 Å². The molecular formula is C23H26FN3O2. The minimum absolute atomic E-state index is 0.0454. The molecule has 152 valence electrons. The van der Waals surface area contributed by atoms with Crippen LogP contribution in [-0.4, -0.2) is 55.9 Å². The molecule has 29 heavy (non-hydrogen) atoms. The molecule has 0 radical (unpaired) electrons. The van der Waals surface area contributed by atoms with Crippen LogP contribution in [-0.2, 0) is 11.2 Å². The molecule has 2 heterocycles. The Labute approximate surface area is 170 Å². The molecule has 0 bridgehead atoms. The number of aryl methyl sites for hydroxylation is 1. The fourth-order valence-electron chi connectivity index (χ4n) is 4.21. The Morgan fingerprint density at radius 2 is 1.69 bits per heavy atom. The molecule has 1 fully saturated rings. The molecule has 4 rings (SSSR count). The van der Waals surface area contributed by atoms with E-state index < -0.39 is 0 Å². The zero-order valence-corrected chi connectivity index (χ0v) is 16.7. The van der Waals surface area contributed by atoms with Crippen LogP contribution in [0.2, 0.25) is 0 Å². The molecule has 1 saturated heterocycles. The lowest BCUT2D eigenvalue weighted by molar-refractivity contribution is -0.116. The Kier molecular flexibility index (Phi) is 5.62. The van der Waals surface area contributed by atoms with Gasteiger partial charge < -0.3 is 9.80 Å². The van der Waals surface area contributed by atoms with E-state index in [1.54, 1.807) is 24.0 Å². The van der Waals surface area contributed by atoms with Crippen LogP contribution in [0, 0.1) is 5.82 Å². The number of rotatable bonds is 4. The van der Waals surface area contributed by atoms with Gasteiger partial charge in [0.15, 0.2) is 5.78 Å². The van der Waals surface area contributed by atoms with Gasteiger partial charge in [0, 0.05) is 56.6 Å². The summed E-state index contributed by atoms with van der Waals surface area (Å²) in [6.45, 7) is 5.95. The first kappa shape index (κ1) is 19.6. The molecule has 5 nitrogen and oxygen atoms in total. The SMILES string of the molecule is CC(=O)N1CCCc2cc(C(=O)CN3CCN(c4ccc(F)cc4)CC3)ccc21. The molecule has 1 amide bonds. The molecule has 0 N–H and O–H groups in total. The zero-order chi connectivity index (χ0) is 20.4. The summed E-state index contributed by atoms with van der Waals surface area (Å²) in [5, 5.41) is 0. The second-order valence-electron chi connectivity index (χ2n) is 7.78. The molecule has 6 heteroatoms.